The first-order valence-corrected chi connectivity index (χ1v) is 38.4. The smallest absolute Gasteiger partial charge is 0.237 e. The van der Waals surface area contributed by atoms with Gasteiger partial charge in [0.05, 0.1) is 66.2 Å². The Labute approximate surface area is 665 Å². The summed E-state index contributed by atoms with van der Waals surface area (Å²) in [5.74, 6) is 5.48. The molecular weight excluding hydrogens is 1370 g/mol. The minimum absolute atomic E-state index is 0.344. The summed E-state index contributed by atoms with van der Waals surface area (Å²) < 4.78 is 68.2. The Kier molecular flexibility index (Phi) is 17.5. The maximum absolute atomic E-state index is 7.77. The molecule has 0 bridgehead atoms. The Hall–Kier alpha value is -13.1. The van der Waals surface area contributed by atoms with Gasteiger partial charge in [-0.3, -0.25) is 0 Å². The predicted octanol–water partition coefficient (Wildman–Crippen LogP) is 21.7. The normalized spacial score (nSPS) is 12.5. The van der Waals surface area contributed by atoms with Crippen molar-refractivity contribution < 1.29 is 31.1 Å². The SMILES string of the molecule is Cc1cc(-n2c3ccccc3c3cccc(C)c32)[n+](C)cc1C.Cc1cc[n+](C)c(-n2c3ccccc3c3cccc(C)c32)c1.Cc1ccc(-n2c3ccccc3c3cccc(C)c32)[n+](C)c1.[2H]C([2H])([2H])c1c[n+](C)c(-n2c3ccccc3c3cccc(C)c32)cc1C.[2H]C([2H])([2H])c1ccc(-n2c3ccccc3c3cccc(C)c32)[n+](C)c1. The molecule has 0 atom stereocenters. The quantitative estimate of drug-likeness (QED) is 0.154. The maximum Gasteiger partial charge on any atom is 0.286 e. The van der Waals surface area contributed by atoms with Crippen LogP contribution in [0.4, 0.5) is 0 Å². The van der Waals surface area contributed by atoms with Gasteiger partial charge < -0.3 is 0 Å². The average molecular weight is 1470 g/mol. The van der Waals surface area contributed by atoms with E-state index < -0.39 is 13.7 Å². The summed E-state index contributed by atoms with van der Waals surface area (Å²) in [7, 11) is 10.1. The summed E-state index contributed by atoms with van der Waals surface area (Å²) in [4.78, 5) is 0. The fourth-order valence-electron chi connectivity index (χ4n) is 16.9. The molecule has 112 heavy (non-hydrogen) atoms. The highest BCUT2D eigenvalue weighted by molar-refractivity contribution is 6.14. The summed E-state index contributed by atoms with van der Waals surface area (Å²) in [6.07, 6.45) is 9.94. The second kappa shape index (κ2) is 29.7. The standard InChI is InChI=1S/2C21H21N2.3C20H19N2/c2*1-14-8-7-10-18-17-9-5-6-11-19(17)23(21(14)18)20-12-15(2)16(3)13-22(20)4;1-14-11-12-21(3)19(13-14)22-18-10-5-4-8-16(18)17-9-6-7-15(2)20(17)22;2*1-14-11-12-19(21(3)13-14)22-18-10-5-4-8-16(18)17-9-6-7-15(2)20(17)22/h2*5-13H,1-4H3;3*4-13H,1-3H3/q5*+1/i3D3;;;1D3;. The van der Waals surface area contributed by atoms with E-state index in [4.69, 9.17) is 8.22 Å². The van der Waals surface area contributed by atoms with Gasteiger partial charge in [-0.25, -0.2) is 22.8 Å². The first kappa shape index (κ1) is 66.0. The van der Waals surface area contributed by atoms with Gasteiger partial charge in [-0.2, -0.15) is 22.8 Å². The van der Waals surface area contributed by atoms with Crippen LogP contribution < -0.4 is 22.8 Å². The van der Waals surface area contributed by atoms with Gasteiger partial charge in [-0.1, -0.05) is 121 Å². The molecule has 10 heterocycles. The molecule has 10 aromatic carbocycles. The second-order valence-electron chi connectivity index (χ2n) is 30.3. The Morgan fingerprint density at radius 3 is 0.812 bits per heavy atom. The lowest BCUT2D eigenvalue weighted by Gasteiger charge is -2.08. The van der Waals surface area contributed by atoms with Crippen molar-refractivity contribution in [3.8, 4) is 29.1 Å². The van der Waals surface area contributed by atoms with E-state index in [1.54, 1.807) is 18.5 Å². The number of aromatic nitrogens is 10. The molecule has 0 fully saturated rings. The van der Waals surface area contributed by atoms with E-state index >= 15 is 0 Å². The molecule has 20 aromatic rings. The van der Waals surface area contributed by atoms with Crippen molar-refractivity contribution in [2.24, 2.45) is 35.2 Å². The number of fused-ring (bicyclic) bond motifs is 15. The van der Waals surface area contributed by atoms with Crippen LogP contribution >= 0.6 is 0 Å². The number of nitrogens with zero attached hydrogens (tertiary/aromatic N) is 10. The molecule has 0 aliphatic rings. The zero-order chi connectivity index (χ0) is 83.1. The van der Waals surface area contributed by atoms with Gasteiger partial charge in [-0.05, 0) is 259 Å². The molecule has 0 N–H and O–H groups in total. The molecule has 0 radical (unpaired) electrons. The molecule has 10 aromatic heterocycles. The molecule has 0 unspecified atom stereocenters. The molecule has 0 amide bonds. The van der Waals surface area contributed by atoms with E-state index in [2.05, 4.69) is 363 Å². The number of pyridine rings is 5. The van der Waals surface area contributed by atoms with Crippen molar-refractivity contribution >= 4 is 109 Å². The number of hydrogen-bond donors (Lipinski definition) is 0. The molecule has 0 saturated heterocycles. The molecule has 10 heteroatoms. The van der Waals surface area contributed by atoms with Crippen LogP contribution in [0.5, 0.6) is 0 Å². The fourth-order valence-corrected chi connectivity index (χ4v) is 16.9. The average Bonchev–Trinajstić information content (AvgIpc) is 1.61. The molecule has 0 aliphatic heterocycles. The van der Waals surface area contributed by atoms with Gasteiger partial charge in [0.25, 0.3) is 29.1 Å². The van der Waals surface area contributed by atoms with Crippen LogP contribution in [0.2, 0.25) is 0 Å². The third-order valence-corrected chi connectivity index (χ3v) is 22.4. The fraction of sp³-hybridized carbons (Fsp3) is 0.167. The van der Waals surface area contributed by atoms with E-state index in [-0.39, 0.29) is 0 Å². The molecule has 552 valence electrons. The van der Waals surface area contributed by atoms with Gasteiger partial charge >= 0.3 is 0 Å². The summed E-state index contributed by atoms with van der Waals surface area (Å²) in [5.41, 5.74) is 25.2. The van der Waals surface area contributed by atoms with E-state index in [1.165, 1.54) is 154 Å². The van der Waals surface area contributed by atoms with E-state index in [1.807, 2.05) is 60.5 Å². The maximum atomic E-state index is 7.77. The minimum Gasteiger partial charge on any atom is -0.237 e. The monoisotopic (exact) mass is 1470 g/mol. The lowest BCUT2D eigenvalue weighted by molar-refractivity contribution is -0.665. The van der Waals surface area contributed by atoms with Crippen LogP contribution in [0.1, 0.15) is 75.0 Å². The Morgan fingerprint density at radius 1 is 0.205 bits per heavy atom. The van der Waals surface area contributed by atoms with Crippen LogP contribution in [0.15, 0.2) is 292 Å². The van der Waals surface area contributed by atoms with Crippen LogP contribution in [-0.2, 0) is 35.2 Å². The van der Waals surface area contributed by atoms with Crippen LogP contribution in [-0.4, -0.2) is 22.8 Å². The summed E-state index contributed by atoms with van der Waals surface area (Å²) in [5, 5.41) is 12.7. The molecular formula is C102H99N10+5. The number of benzene rings is 10. The van der Waals surface area contributed by atoms with Crippen molar-refractivity contribution in [2.75, 3.05) is 0 Å². The lowest BCUT2D eigenvalue weighted by atomic mass is 10.1. The van der Waals surface area contributed by atoms with E-state index in [0.717, 1.165) is 39.3 Å². The van der Waals surface area contributed by atoms with Crippen molar-refractivity contribution in [3.63, 3.8) is 0 Å². The van der Waals surface area contributed by atoms with E-state index in [9.17, 15) is 0 Å². The molecule has 10 nitrogen and oxygen atoms in total. The molecule has 0 saturated carbocycles. The number of hydrogen-bond acceptors (Lipinski definition) is 0. The van der Waals surface area contributed by atoms with E-state index in [0.29, 0.717) is 11.1 Å². The van der Waals surface area contributed by atoms with Crippen LogP contribution in [0, 0.1) is 82.9 Å². The highest BCUT2D eigenvalue weighted by Gasteiger charge is 2.28. The Bertz CT molecular complexity index is 7370. The van der Waals surface area contributed by atoms with Gasteiger partial charge in [-0.15, -0.1) is 0 Å². The Morgan fingerprint density at radius 2 is 0.482 bits per heavy atom. The van der Waals surface area contributed by atoms with Gasteiger partial charge in [0.15, 0.2) is 0 Å². The minimum atomic E-state index is -2.11. The van der Waals surface area contributed by atoms with Gasteiger partial charge in [0, 0.05) is 92.4 Å². The highest BCUT2D eigenvalue weighted by Crippen LogP contribution is 2.39. The topological polar surface area (TPSA) is 44.0 Å². The summed E-state index contributed by atoms with van der Waals surface area (Å²) in [6, 6.07) is 91.5. The summed E-state index contributed by atoms with van der Waals surface area (Å²) >= 11 is 0. The number of para-hydroxylation sites is 10. The van der Waals surface area contributed by atoms with Crippen molar-refractivity contribution in [3.05, 3.63) is 359 Å². The largest absolute Gasteiger partial charge is 0.286 e. The Balaban J connectivity index is 0.000000110. The third kappa shape index (κ3) is 12.9. The molecule has 0 aliphatic carbocycles. The van der Waals surface area contributed by atoms with Crippen LogP contribution in [0.25, 0.3) is 138 Å². The lowest BCUT2D eigenvalue weighted by Crippen LogP contribution is -2.34. The van der Waals surface area contributed by atoms with Gasteiger partial charge in [0.2, 0.25) is 0 Å². The van der Waals surface area contributed by atoms with Crippen molar-refractivity contribution in [1.29, 1.82) is 0 Å². The molecule has 0 spiro atoms. The zero-order valence-electron chi connectivity index (χ0n) is 72.7. The highest BCUT2D eigenvalue weighted by atomic mass is 15.2. The second-order valence-corrected chi connectivity index (χ2v) is 30.3. The molecule has 20 rings (SSSR count). The predicted molar refractivity (Wildman–Crippen MR) is 467 cm³/mol. The van der Waals surface area contributed by atoms with Crippen molar-refractivity contribution in [1.82, 2.24) is 22.8 Å². The first-order chi connectivity index (χ1) is 56.6. The van der Waals surface area contributed by atoms with Crippen LogP contribution in [0.3, 0.4) is 0 Å². The third-order valence-electron chi connectivity index (χ3n) is 22.4. The van der Waals surface area contributed by atoms with Gasteiger partial charge in [0.1, 0.15) is 55.2 Å². The zero-order valence-corrected chi connectivity index (χ0v) is 66.7. The number of rotatable bonds is 5. The first-order valence-electron chi connectivity index (χ1n) is 41.4. The summed E-state index contributed by atoms with van der Waals surface area (Å²) in [6.45, 7) is 17.0. The van der Waals surface area contributed by atoms with Crippen molar-refractivity contribution in [2.45, 2.75) is 82.9 Å². The number of aryl methyl sites for hydroxylation is 17.